The largest absolute Gasteiger partial charge is 0.503 e. The van der Waals surface area contributed by atoms with E-state index in [1.165, 1.54) is 61.6 Å². The molecule has 0 bridgehead atoms. The lowest BCUT2D eigenvalue weighted by Crippen LogP contribution is -1.90. The molecule has 0 atom stereocenters. The number of carboxylic acid groups (broad SMARTS) is 2. The molecule has 0 aromatic heterocycles. The number of hydrogen-bond acceptors (Lipinski definition) is 1. The minimum absolute atomic E-state index is 1.21. The maximum atomic E-state index is 8.56. The Kier molecular flexibility index (Phi) is 10.0. The quantitative estimate of drug-likeness (QED) is 0.545. The van der Waals surface area contributed by atoms with E-state index < -0.39 is 6.16 Å². The lowest BCUT2D eigenvalue weighted by molar-refractivity contribution is 0.137. The summed E-state index contributed by atoms with van der Waals surface area (Å²) in [6.07, 6.45) is 7.56. The summed E-state index contributed by atoms with van der Waals surface area (Å²) in [5, 5.41) is 13.9. The highest BCUT2D eigenvalue weighted by atomic mass is 16.6. The number of rotatable bonds is 8. The Morgan fingerprint density at radius 3 is 2.00 bits per heavy atom. The van der Waals surface area contributed by atoms with Crippen LogP contribution >= 0.6 is 0 Å². The maximum absolute atomic E-state index is 8.56. The van der Waals surface area contributed by atoms with Crippen molar-refractivity contribution in [1.82, 2.24) is 0 Å². The molecule has 0 spiro atoms. The van der Waals surface area contributed by atoms with Crippen LogP contribution in [-0.4, -0.2) is 16.4 Å². The smallest absolute Gasteiger partial charge is 0.450 e. The summed E-state index contributed by atoms with van der Waals surface area (Å²) in [5.74, 6) is 0. The van der Waals surface area contributed by atoms with Crippen LogP contribution in [0, 0.1) is 0 Å². The molecule has 2 rings (SSSR count). The first-order valence-electron chi connectivity index (χ1n) is 8.70. The summed E-state index contributed by atoms with van der Waals surface area (Å²) in [4.78, 5) is 8.56. The van der Waals surface area contributed by atoms with E-state index in [4.69, 9.17) is 15.0 Å². The van der Waals surface area contributed by atoms with Gasteiger partial charge < -0.3 is 10.2 Å². The van der Waals surface area contributed by atoms with Gasteiger partial charge in [0.2, 0.25) is 0 Å². The highest BCUT2D eigenvalue weighted by molar-refractivity contribution is 5.67. The first-order chi connectivity index (χ1) is 11.6. The molecule has 0 unspecified atom stereocenters. The Bertz CT molecular complexity index is 575. The van der Waals surface area contributed by atoms with E-state index in [2.05, 4.69) is 61.5 Å². The minimum atomic E-state index is -1.83. The van der Waals surface area contributed by atoms with Crippen LogP contribution in [0.5, 0.6) is 0 Å². The standard InChI is InChI=1S/C20H26.CH2O3/c1-2-3-4-5-6-8-13-19-16-11-12-17-20(19)18-14-9-7-10-15-18;2-1(3)4/h7,9-12,14-17H,2-6,8,13H2,1H3;(H2,2,3,4). The molecule has 0 aliphatic rings. The second kappa shape index (κ2) is 12.2. The lowest BCUT2D eigenvalue weighted by Gasteiger charge is -2.09. The molecule has 0 heterocycles. The van der Waals surface area contributed by atoms with Crippen molar-refractivity contribution in [3.8, 4) is 11.1 Å². The molecule has 2 N–H and O–H groups in total. The third-order valence-electron chi connectivity index (χ3n) is 3.90. The number of carbonyl (C=O) groups is 1. The number of hydrogen-bond donors (Lipinski definition) is 2. The zero-order valence-electron chi connectivity index (χ0n) is 14.4. The Morgan fingerprint density at radius 2 is 1.33 bits per heavy atom. The highest BCUT2D eigenvalue weighted by Gasteiger charge is 2.03. The molecule has 0 aliphatic carbocycles. The van der Waals surface area contributed by atoms with Gasteiger partial charge in [-0.05, 0) is 29.5 Å². The molecule has 0 saturated carbocycles. The first-order valence-corrected chi connectivity index (χ1v) is 8.70. The number of aryl methyl sites for hydroxylation is 1. The third-order valence-corrected chi connectivity index (χ3v) is 3.90. The van der Waals surface area contributed by atoms with Gasteiger partial charge >= 0.3 is 6.16 Å². The molecule has 24 heavy (non-hydrogen) atoms. The van der Waals surface area contributed by atoms with Crippen LogP contribution in [0.25, 0.3) is 11.1 Å². The topological polar surface area (TPSA) is 57.5 Å². The minimum Gasteiger partial charge on any atom is -0.450 e. The molecular formula is C21H28O3. The van der Waals surface area contributed by atoms with Crippen LogP contribution in [0.4, 0.5) is 4.79 Å². The van der Waals surface area contributed by atoms with Crippen molar-refractivity contribution in [2.75, 3.05) is 0 Å². The van der Waals surface area contributed by atoms with Gasteiger partial charge in [-0.1, -0.05) is 93.6 Å². The van der Waals surface area contributed by atoms with Crippen molar-refractivity contribution < 1.29 is 15.0 Å². The van der Waals surface area contributed by atoms with E-state index in [0.29, 0.717) is 0 Å². The molecule has 0 fully saturated rings. The third kappa shape index (κ3) is 8.37. The zero-order valence-corrected chi connectivity index (χ0v) is 14.4. The predicted octanol–water partition coefficient (Wildman–Crippen LogP) is 6.48. The van der Waals surface area contributed by atoms with Crippen molar-refractivity contribution >= 4 is 6.16 Å². The second-order valence-corrected chi connectivity index (χ2v) is 5.82. The van der Waals surface area contributed by atoms with Gasteiger partial charge in [0, 0.05) is 0 Å². The normalized spacial score (nSPS) is 9.88. The number of unbranched alkanes of at least 4 members (excludes halogenated alkanes) is 5. The number of benzene rings is 2. The zero-order chi connectivity index (χ0) is 17.6. The van der Waals surface area contributed by atoms with Crippen molar-refractivity contribution in [3.05, 3.63) is 60.2 Å². The summed E-state index contributed by atoms with van der Waals surface area (Å²) in [6, 6.07) is 19.6. The molecular weight excluding hydrogens is 300 g/mol. The summed E-state index contributed by atoms with van der Waals surface area (Å²) in [5.41, 5.74) is 4.24. The Hall–Kier alpha value is -2.29. The monoisotopic (exact) mass is 328 g/mol. The van der Waals surface area contributed by atoms with Crippen LogP contribution in [-0.2, 0) is 6.42 Å². The average molecular weight is 328 g/mol. The van der Waals surface area contributed by atoms with Crippen LogP contribution in [0.2, 0.25) is 0 Å². The fourth-order valence-corrected chi connectivity index (χ4v) is 2.73. The van der Waals surface area contributed by atoms with Gasteiger partial charge in [-0.3, -0.25) is 0 Å². The molecule has 0 amide bonds. The van der Waals surface area contributed by atoms with E-state index >= 15 is 0 Å². The van der Waals surface area contributed by atoms with Gasteiger partial charge in [-0.15, -0.1) is 0 Å². The molecule has 3 heteroatoms. The van der Waals surface area contributed by atoms with E-state index in [-0.39, 0.29) is 0 Å². The molecule has 0 saturated heterocycles. The summed E-state index contributed by atoms with van der Waals surface area (Å²) in [6.45, 7) is 2.27. The molecule has 0 radical (unpaired) electrons. The molecule has 2 aromatic carbocycles. The summed E-state index contributed by atoms with van der Waals surface area (Å²) in [7, 11) is 0. The highest BCUT2D eigenvalue weighted by Crippen LogP contribution is 2.24. The van der Waals surface area contributed by atoms with E-state index in [1.54, 1.807) is 0 Å². The predicted molar refractivity (Wildman–Crippen MR) is 99.6 cm³/mol. The molecule has 3 nitrogen and oxygen atoms in total. The summed E-state index contributed by atoms with van der Waals surface area (Å²) < 4.78 is 0. The fraction of sp³-hybridized carbons (Fsp3) is 0.381. The summed E-state index contributed by atoms with van der Waals surface area (Å²) >= 11 is 0. The van der Waals surface area contributed by atoms with Crippen LogP contribution in [0.1, 0.15) is 51.0 Å². The van der Waals surface area contributed by atoms with Gasteiger partial charge in [0.25, 0.3) is 0 Å². The average Bonchev–Trinajstić information content (AvgIpc) is 2.59. The fourth-order valence-electron chi connectivity index (χ4n) is 2.73. The Balaban J connectivity index is 0.000000648. The van der Waals surface area contributed by atoms with Crippen molar-refractivity contribution in [1.29, 1.82) is 0 Å². The molecule has 0 aliphatic heterocycles. The lowest BCUT2D eigenvalue weighted by atomic mass is 9.96. The van der Waals surface area contributed by atoms with Crippen LogP contribution in [0.15, 0.2) is 54.6 Å². The molecule has 130 valence electrons. The van der Waals surface area contributed by atoms with Crippen LogP contribution in [0.3, 0.4) is 0 Å². The van der Waals surface area contributed by atoms with E-state index in [1.807, 2.05) is 0 Å². The first kappa shape index (κ1) is 19.8. The van der Waals surface area contributed by atoms with Crippen molar-refractivity contribution in [3.63, 3.8) is 0 Å². The van der Waals surface area contributed by atoms with Gasteiger partial charge in [0.15, 0.2) is 0 Å². The van der Waals surface area contributed by atoms with Crippen LogP contribution < -0.4 is 0 Å². The second-order valence-electron chi connectivity index (χ2n) is 5.82. The van der Waals surface area contributed by atoms with Crippen molar-refractivity contribution in [2.24, 2.45) is 0 Å². The SMILES string of the molecule is CCCCCCCCc1ccccc1-c1ccccc1.O=C(O)O. The Morgan fingerprint density at radius 1 is 0.792 bits per heavy atom. The van der Waals surface area contributed by atoms with E-state index in [9.17, 15) is 0 Å². The van der Waals surface area contributed by atoms with Gasteiger partial charge in [-0.2, -0.15) is 0 Å². The van der Waals surface area contributed by atoms with E-state index in [0.717, 1.165) is 0 Å². The molecule has 2 aromatic rings. The maximum Gasteiger partial charge on any atom is 0.503 e. The van der Waals surface area contributed by atoms with Gasteiger partial charge in [-0.25, -0.2) is 4.79 Å². The van der Waals surface area contributed by atoms with Crippen molar-refractivity contribution in [2.45, 2.75) is 51.9 Å². The van der Waals surface area contributed by atoms with Gasteiger partial charge in [0.05, 0.1) is 0 Å². The Labute approximate surface area is 145 Å². The van der Waals surface area contributed by atoms with Gasteiger partial charge in [0.1, 0.15) is 0 Å².